The first-order chi connectivity index (χ1) is 11.8. The standard InChI is InChI=1S/C18H33F3N4/c1-13(2)15-4-6-16(7-5-15)24-17(22-3)23-10-14-8-9-25(11-14)12-18(19,20)21/h13-16H,4-12H2,1-3H3,(H2,22,23,24). The Balaban J connectivity index is 1.68. The fraction of sp³-hybridized carbons (Fsp3) is 0.944. The van der Waals surface area contributed by atoms with Gasteiger partial charge in [0.25, 0.3) is 0 Å². The van der Waals surface area contributed by atoms with E-state index in [4.69, 9.17) is 0 Å². The van der Waals surface area contributed by atoms with Gasteiger partial charge in [0.2, 0.25) is 0 Å². The van der Waals surface area contributed by atoms with Crippen LogP contribution in [0.3, 0.4) is 0 Å². The monoisotopic (exact) mass is 362 g/mol. The van der Waals surface area contributed by atoms with Gasteiger partial charge in [0.05, 0.1) is 6.54 Å². The van der Waals surface area contributed by atoms with Crippen LogP contribution in [-0.4, -0.2) is 56.3 Å². The molecule has 0 amide bonds. The molecule has 146 valence electrons. The SMILES string of the molecule is CN=C(NCC1CCN(CC(F)(F)F)C1)NC1CCC(C(C)C)CC1. The first-order valence-corrected chi connectivity index (χ1v) is 9.53. The Labute approximate surface area is 149 Å². The van der Waals surface area contributed by atoms with Crippen LogP contribution in [0.25, 0.3) is 0 Å². The number of aliphatic imine (C=N–C) groups is 1. The van der Waals surface area contributed by atoms with E-state index in [1.165, 1.54) is 17.7 Å². The minimum absolute atomic E-state index is 0.248. The number of nitrogens with zero attached hydrogens (tertiary/aromatic N) is 2. The molecule has 2 rings (SSSR count). The highest BCUT2D eigenvalue weighted by Crippen LogP contribution is 2.29. The Morgan fingerprint density at radius 2 is 1.84 bits per heavy atom. The lowest BCUT2D eigenvalue weighted by molar-refractivity contribution is -0.143. The first kappa shape index (κ1) is 20.3. The number of alkyl halides is 3. The van der Waals surface area contributed by atoms with E-state index in [9.17, 15) is 13.2 Å². The van der Waals surface area contributed by atoms with Gasteiger partial charge in [-0.2, -0.15) is 13.2 Å². The summed E-state index contributed by atoms with van der Waals surface area (Å²) in [6, 6.07) is 0.450. The maximum Gasteiger partial charge on any atom is 0.401 e. The van der Waals surface area contributed by atoms with Crippen LogP contribution in [-0.2, 0) is 0 Å². The third kappa shape index (κ3) is 7.04. The summed E-state index contributed by atoms with van der Waals surface area (Å²) in [6.45, 7) is 5.50. The maximum atomic E-state index is 12.5. The van der Waals surface area contributed by atoms with Gasteiger partial charge >= 0.3 is 6.18 Å². The summed E-state index contributed by atoms with van der Waals surface area (Å²) in [7, 11) is 1.75. The molecule has 0 spiro atoms. The predicted molar refractivity (Wildman–Crippen MR) is 95.7 cm³/mol. The third-order valence-electron chi connectivity index (χ3n) is 5.61. The summed E-state index contributed by atoms with van der Waals surface area (Å²) in [6.07, 6.45) is 1.52. The molecule has 2 aliphatic rings. The molecule has 0 radical (unpaired) electrons. The van der Waals surface area contributed by atoms with Gasteiger partial charge in [0.1, 0.15) is 0 Å². The minimum atomic E-state index is -4.10. The lowest BCUT2D eigenvalue weighted by Crippen LogP contribution is -2.46. The largest absolute Gasteiger partial charge is 0.401 e. The van der Waals surface area contributed by atoms with E-state index in [0.29, 0.717) is 25.7 Å². The lowest BCUT2D eigenvalue weighted by Gasteiger charge is -2.32. The molecule has 0 aromatic carbocycles. The number of likely N-dealkylation sites (tertiary alicyclic amines) is 1. The van der Waals surface area contributed by atoms with Crippen molar-refractivity contribution in [3.05, 3.63) is 0 Å². The van der Waals surface area contributed by atoms with Gasteiger partial charge in [-0.15, -0.1) is 0 Å². The molecule has 0 bridgehead atoms. The fourth-order valence-electron chi connectivity index (χ4n) is 4.04. The second kappa shape index (κ2) is 9.10. The minimum Gasteiger partial charge on any atom is -0.356 e. The molecule has 1 aliphatic heterocycles. The fourth-order valence-corrected chi connectivity index (χ4v) is 4.04. The second-order valence-electron chi connectivity index (χ2n) is 7.96. The molecular formula is C18H33F3N4. The van der Waals surface area contributed by atoms with E-state index in [0.717, 1.165) is 37.1 Å². The highest BCUT2D eigenvalue weighted by atomic mass is 19.4. The summed E-state index contributed by atoms with van der Waals surface area (Å²) >= 11 is 0. The van der Waals surface area contributed by atoms with E-state index in [1.54, 1.807) is 7.05 Å². The van der Waals surface area contributed by atoms with Crippen molar-refractivity contribution in [2.24, 2.45) is 22.7 Å². The molecule has 2 N–H and O–H groups in total. The Morgan fingerprint density at radius 3 is 2.40 bits per heavy atom. The zero-order valence-electron chi connectivity index (χ0n) is 15.7. The number of rotatable bonds is 5. The van der Waals surface area contributed by atoms with Crippen molar-refractivity contribution in [1.82, 2.24) is 15.5 Å². The number of guanidine groups is 1. The smallest absolute Gasteiger partial charge is 0.356 e. The third-order valence-corrected chi connectivity index (χ3v) is 5.61. The van der Waals surface area contributed by atoms with Crippen molar-refractivity contribution in [1.29, 1.82) is 0 Å². The summed E-state index contributed by atoms with van der Waals surface area (Å²) in [5.41, 5.74) is 0. The number of hydrogen-bond donors (Lipinski definition) is 2. The van der Waals surface area contributed by atoms with Crippen LogP contribution in [0.4, 0.5) is 13.2 Å². The van der Waals surface area contributed by atoms with Gasteiger partial charge in [-0.05, 0) is 56.4 Å². The van der Waals surface area contributed by atoms with Gasteiger partial charge in [0.15, 0.2) is 5.96 Å². The van der Waals surface area contributed by atoms with Crippen molar-refractivity contribution in [2.75, 3.05) is 33.2 Å². The molecule has 1 heterocycles. The first-order valence-electron chi connectivity index (χ1n) is 9.53. The Bertz CT molecular complexity index is 429. The maximum absolute atomic E-state index is 12.5. The molecule has 4 nitrogen and oxygen atoms in total. The lowest BCUT2D eigenvalue weighted by atomic mass is 9.80. The van der Waals surface area contributed by atoms with Gasteiger partial charge in [-0.25, -0.2) is 0 Å². The van der Waals surface area contributed by atoms with E-state index in [2.05, 4.69) is 29.5 Å². The highest BCUT2D eigenvalue weighted by molar-refractivity contribution is 5.79. The van der Waals surface area contributed by atoms with Crippen molar-refractivity contribution in [3.8, 4) is 0 Å². The van der Waals surface area contributed by atoms with Crippen molar-refractivity contribution in [3.63, 3.8) is 0 Å². The molecule has 0 aromatic rings. The molecule has 1 saturated carbocycles. The quantitative estimate of drug-likeness (QED) is 0.583. The van der Waals surface area contributed by atoms with Crippen LogP contribution in [0, 0.1) is 17.8 Å². The number of hydrogen-bond acceptors (Lipinski definition) is 2. The molecule has 1 unspecified atom stereocenters. The van der Waals surface area contributed by atoms with Crippen LogP contribution in [0.2, 0.25) is 0 Å². The molecule has 0 aromatic heterocycles. The topological polar surface area (TPSA) is 39.7 Å². The van der Waals surface area contributed by atoms with E-state index in [1.807, 2.05) is 0 Å². The van der Waals surface area contributed by atoms with Crippen LogP contribution in [0.1, 0.15) is 46.0 Å². The Kier molecular flexibility index (Phi) is 7.40. The summed E-state index contributed by atoms with van der Waals surface area (Å²) in [5, 5.41) is 6.79. The van der Waals surface area contributed by atoms with Crippen LogP contribution < -0.4 is 10.6 Å². The van der Waals surface area contributed by atoms with Gasteiger partial charge in [-0.3, -0.25) is 9.89 Å². The van der Waals surface area contributed by atoms with E-state index < -0.39 is 12.7 Å². The van der Waals surface area contributed by atoms with E-state index in [-0.39, 0.29) is 5.92 Å². The molecular weight excluding hydrogens is 329 g/mol. The zero-order chi connectivity index (χ0) is 18.4. The highest BCUT2D eigenvalue weighted by Gasteiger charge is 2.34. The average Bonchev–Trinajstić information content (AvgIpc) is 2.97. The molecule has 2 fully saturated rings. The number of nitrogens with one attached hydrogen (secondary N) is 2. The molecule has 1 aliphatic carbocycles. The van der Waals surface area contributed by atoms with Crippen LogP contribution in [0.5, 0.6) is 0 Å². The normalized spacial score (nSPS) is 29.2. The molecule has 7 heteroatoms. The van der Waals surface area contributed by atoms with Gasteiger partial charge in [-0.1, -0.05) is 13.8 Å². The van der Waals surface area contributed by atoms with Gasteiger partial charge < -0.3 is 10.6 Å². The predicted octanol–water partition coefficient (Wildman–Crippen LogP) is 3.25. The van der Waals surface area contributed by atoms with Crippen molar-refractivity contribution < 1.29 is 13.2 Å². The van der Waals surface area contributed by atoms with Crippen molar-refractivity contribution in [2.45, 2.75) is 58.2 Å². The van der Waals surface area contributed by atoms with Crippen molar-refractivity contribution >= 4 is 5.96 Å². The Hall–Kier alpha value is -0.980. The zero-order valence-corrected chi connectivity index (χ0v) is 15.7. The summed E-state index contributed by atoms with van der Waals surface area (Å²) in [4.78, 5) is 5.77. The molecule has 1 saturated heterocycles. The van der Waals surface area contributed by atoms with Gasteiger partial charge in [0, 0.05) is 26.2 Å². The van der Waals surface area contributed by atoms with Crippen LogP contribution >= 0.6 is 0 Å². The number of halogens is 3. The van der Waals surface area contributed by atoms with Crippen LogP contribution in [0.15, 0.2) is 4.99 Å². The Morgan fingerprint density at radius 1 is 1.16 bits per heavy atom. The average molecular weight is 362 g/mol. The van der Waals surface area contributed by atoms with E-state index >= 15 is 0 Å². The molecule has 1 atom stereocenters. The summed E-state index contributed by atoms with van der Waals surface area (Å²) in [5.74, 6) is 2.60. The second-order valence-corrected chi connectivity index (χ2v) is 7.96. The molecule has 25 heavy (non-hydrogen) atoms. The summed E-state index contributed by atoms with van der Waals surface area (Å²) < 4.78 is 37.4.